The van der Waals surface area contributed by atoms with Crippen LogP contribution in [-0.2, 0) is 13.1 Å². The second-order valence-electron chi connectivity index (χ2n) is 4.02. The summed E-state index contributed by atoms with van der Waals surface area (Å²) in [6.45, 7) is -1.49. The Bertz CT molecular complexity index is 517. The average Bonchev–Trinajstić information content (AvgIpc) is 2.89. The van der Waals surface area contributed by atoms with Crippen molar-refractivity contribution in [1.29, 1.82) is 0 Å². The van der Waals surface area contributed by atoms with Crippen LogP contribution >= 0.6 is 12.4 Å². The Labute approximate surface area is 122 Å². The van der Waals surface area contributed by atoms with E-state index in [1.165, 1.54) is 6.20 Å². The van der Waals surface area contributed by atoms with Gasteiger partial charge in [-0.2, -0.15) is 13.9 Å². The molecule has 0 saturated heterocycles. The first-order chi connectivity index (χ1) is 9.19. The van der Waals surface area contributed by atoms with Gasteiger partial charge in [-0.15, -0.1) is 12.4 Å². The van der Waals surface area contributed by atoms with Crippen LogP contribution in [0.15, 0.2) is 36.5 Å². The summed E-state index contributed by atoms with van der Waals surface area (Å²) >= 11 is 0. The zero-order valence-corrected chi connectivity index (χ0v) is 11.7. The van der Waals surface area contributed by atoms with Crippen LogP contribution in [0.25, 0.3) is 0 Å². The van der Waals surface area contributed by atoms with Crippen LogP contribution in [0.5, 0.6) is 5.75 Å². The molecule has 0 amide bonds. The summed E-state index contributed by atoms with van der Waals surface area (Å²) in [6.07, 6.45) is 1.27. The molecule has 7 heteroatoms. The van der Waals surface area contributed by atoms with Crippen LogP contribution in [0.2, 0.25) is 0 Å². The Hall–Kier alpha value is -1.66. The Kier molecular flexibility index (Phi) is 6.41. The fraction of sp³-hybridized carbons (Fsp3) is 0.308. The maximum absolute atomic E-state index is 12.3. The van der Waals surface area contributed by atoms with Crippen molar-refractivity contribution in [3.05, 3.63) is 47.8 Å². The molecule has 1 N–H and O–H groups in total. The first-order valence-corrected chi connectivity index (χ1v) is 5.85. The van der Waals surface area contributed by atoms with Gasteiger partial charge < -0.3 is 10.1 Å². The van der Waals surface area contributed by atoms with Gasteiger partial charge in [0.15, 0.2) is 0 Å². The summed E-state index contributed by atoms with van der Waals surface area (Å²) in [4.78, 5) is 0. The molecule has 0 fully saturated rings. The molecule has 110 valence electrons. The molecule has 2 rings (SSSR count). The van der Waals surface area contributed by atoms with E-state index < -0.39 is 6.55 Å². The van der Waals surface area contributed by atoms with Crippen LogP contribution < -0.4 is 10.1 Å². The predicted octanol–water partition coefficient (Wildman–Crippen LogP) is 3.00. The highest BCUT2D eigenvalue weighted by Gasteiger charge is 2.06. The second kappa shape index (κ2) is 7.81. The van der Waals surface area contributed by atoms with Gasteiger partial charge in [0.25, 0.3) is 0 Å². The van der Waals surface area contributed by atoms with Crippen molar-refractivity contribution in [2.75, 3.05) is 7.11 Å². The monoisotopic (exact) mass is 303 g/mol. The minimum Gasteiger partial charge on any atom is -0.497 e. The van der Waals surface area contributed by atoms with Gasteiger partial charge in [0, 0.05) is 19.3 Å². The first kappa shape index (κ1) is 16.4. The van der Waals surface area contributed by atoms with Crippen molar-refractivity contribution in [3.63, 3.8) is 0 Å². The molecule has 1 heterocycles. The normalized spacial score (nSPS) is 10.4. The summed E-state index contributed by atoms with van der Waals surface area (Å²) in [7, 11) is 1.62. The van der Waals surface area contributed by atoms with E-state index in [4.69, 9.17) is 4.74 Å². The van der Waals surface area contributed by atoms with Crippen LogP contribution in [-0.4, -0.2) is 16.9 Å². The maximum Gasteiger partial charge on any atom is 0.333 e. The van der Waals surface area contributed by atoms with Gasteiger partial charge >= 0.3 is 6.55 Å². The van der Waals surface area contributed by atoms with Crippen molar-refractivity contribution in [2.45, 2.75) is 19.6 Å². The number of rotatable bonds is 6. The molecule has 0 aliphatic rings. The molecule has 1 aromatic heterocycles. The Morgan fingerprint density at radius 2 is 1.90 bits per heavy atom. The van der Waals surface area contributed by atoms with Crippen LogP contribution in [0.1, 0.15) is 17.8 Å². The maximum atomic E-state index is 12.3. The molecule has 0 atom stereocenters. The van der Waals surface area contributed by atoms with Crippen LogP contribution in [0, 0.1) is 0 Å². The Morgan fingerprint density at radius 1 is 1.20 bits per heavy atom. The lowest BCUT2D eigenvalue weighted by Crippen LogP contribution is -2.13. The van der Waals surface area contributed by atoms with E-state index in [9.17, 15) is 8.78 Å². The molecular formula is C13H16ClF2N3O. The fourth-order valence-electron chi connectivity index (χ4n) is 1.66. The number of benzene rings is 1. The number of nitrogens with one attached hydrogen (secondary N) is 1. The van der Waals surface area contributed by atoms with Crippen molar-refractivity contribution >= 4 is 12.4 Å². The summed E-state index contributed by atoms with van der Waals surface area (Å²) in [5.41, 5.74) is 1.68. The molecule has 1 aromatic carbocycles. The number of methoxy groups -OCH3 is 1. The van der Waals surface area contributed by atoms with Crippen molar-refractivity contribution in [1.82, 2.24) is 15.1 Å². The lowest BCUT2D eigenvalue weighted by atomic mass is 10.2. The molecule has 0 spiro atoms. The van der Waals surface area contributed by atoms with Gasteiger partial charge in [0.1, 0.15) is 5.75 Å². The van der Waals surface area contributed by atoms with E-state index in [0.29, 0.717) is 23.5 Å². The molecule has 20 heavy (non-hydrogen) atoms. The van der Waals surface area contributed by atoms with Gasteiger partial charge in [-0.25, -0.2) is 4.68 Å². The third kappa shape index (κ3) is 4.47. The molecule has 4 nitrogen and oxygen atoms in total. The molecule has 0 saturated carbocycles. The van der Waals surface area contributed by atoms with Crippen LogP contribution in [0.3, 0.4) is 0 Å². The molecular weight excluding hydrogens is 288 g/mol. The van der Waals surface area contributed by atoms with Gasteiger partial charge in [0.2, 0.25) is 0 Å². The SMILES string of the molecule is COc1ccc(CNCc2ccn(C(F)F)n2)cc1.Cl. The number of alkyl halides is 2. The summed E-state index contributed by atoms with van der Waals surface area (Å²) in [5.74, 6) is 0.805. The van der Waals surface area contributed by atoms with Crippen LogP contribution in [0.4, 0.5) is 8.78 Å². The standard InChI is InChI=1S/C13H15F2N3O.ClH/c1-19-12-4-2-10(3-5-12)8-16-9-11-6-7-18(17-11)13(14)15;/h2-7,13,16H,8-9H2,1H3;1H. The van der Waals surface area contributed by atoms with Gasteiger partial charge in [-0.1, -0.05) is 12.1 Å². The lowest BCUT2D eigenvalue weighted by molar-refractivity contribution is 0.0561. The zero-order chi connectivity index (χ0) is 13.7. The van der Waals surface area contributed by atoms with Gasteiger partial charge in [-0.3, -0.25) is 0 Å². The number of ether oxygens (including phenoxy) is 1. The highest BCUT2D eigenvalue weighted by atomic mass is 35.5. The number of nitrogens with zero attached hydrogens (tertiary/aromatic N) is 2. The third-order valence-corrected chi connectivity index (χ3v) is 2.66. The number of aromatic nitrogens is 2. The molecule has 2 aromatic rings. The summed E-state index contributed by atoms with van der Waals surface area (Å²) in [6, 6.07) is 9.23. The quantitative estimate of drug-likeness (QED) is 0.891. The van der Waals surface area contributed by atoms with E-state index in [-0.39, 0.29) is 12.4 Å². The molecule has 0 bridgehead atoms. The highest BCUT2D eigenvalue weighted by molar-refractivity contribution is 5.85. The lowest BCUT2D eigenvalue weighted by Gasteiger charge is -2.04. The number of hydrogen-bond donors (Lipinski definition) is 1. The minimum atomic E-state index is -2.59. The molecule has 0 radical (unpaired) electrons. The second-order valence-corrected chi connectivity index (χ2v) is 4.02. The first-order valence-electron chi connectivity index (χ1n) is 5.85. The minimum absolute atomic E-state index is 0. The average molecular weight is 304 g/mol. The largest absolute Gasteiger partial charge is 0.497 e. The van der Waals surface area contributed by atoms with E-state index in [1.54, 1.807) is 13.2 Å². The van der Waals surface area contributed by atoms with E-state index in [2.05, 4.69) is 10.4 Å². The summed E-state index contributed by atoms with van der Waals surface area (Å²) in [5, 5.41) is 6.90. The molecule has 0 unspecified atom stereocenters. The van der Waals surface area contributed by atoms with Gasteiger partial charge in [0.05, 0.1) is 12.8 Å². The van der Waals surface area contributed by atoms with Crippen molar-refractivity contribution in [3.8, 4) is 5.75 Å². The molecule has 0 aliphatic heterocycles. The zero-order valence-electron chi connectivity index (χ0n) is 10.9. The van der Waals surface area contributed by atoms with Crippen molar-refractivity contribution < 1.29 is 13.5 Å². The smallest absolute Gasteiger partial charge is 0.333 e. The Morgan fingerprint density at radius 3 is 2.45 bits per heavy atom. The van der Waals surface area contributed by atoms with E-state index in [1.807, 2.05) is 24.3 Å². The number of halogens is 3. The summed E-state index contributed by atoms with van der Waals surface area (Å²) < 4.78 is 30.3. The molecule has 0 aliphatic carbocycles. The topological polar surface area (TPSA) is 39.1 Å². The highest BCUT2D eigenvalue weighted by Crippen LogP contribution is 2.11. The third-order valence-electron chi connectivity index (χ3n) is 2.66. The Balaban J connectivity index is 0.00000200. The van der Waals surface area contributed by atoms with E-state index >= 15 is 0 Å². The number of hydrogen-bond acceptors (Lipinski definition) is 3. The predicted molar refractivity (Wildman–Crippen MR) is 74.3 cm³/mol. The van der Waals surface area contributed by atoms with Gasteiger partial charge in [-0.05, 0) is 23.8 Å². The fourth-order valence-corrected chi connectivity index (χ4v) is 1.66. The van der Waals surface area contributed by atoms with Crippen molar-refractivity contribution in [2.24, 2.45) is 0 Å². The van der Waals surface area contributed by atoms with E-state index in [0.717, 1.165) is 11.3 Å².